The van der Waals surface area contributed by atoms with Gasteiger partial charge in [-0.3, -0.25) is 4.99 Å². The minimum Gasteiger partial charge on any atom is -0.496 e. The molecule has 0 radical (unpaired) electrons. The Morgan fingerprint density at radius 3 is 2.19 bits per heavy atom. The van der Waals surface area contributed by atoms with Gasteiger partial charge >= 0.3 is 0 Å². The van der Waals surface area contributed by atoms with Crippen LogP contribution >= 0.6 is 35.3 Å². The van der Waals surface area contributed by atoms with E-state index in [-0.39, 0.29) is 24.0 Å². The molecule has 0 aliphatic rings. The number of methoxy groups -OCH3 is 3. The quantitative estimate of drug-likeness (QED) is 0.352. The van der Waals surface area contributed by atoms with Crippen molar-refractivity contribution in [3.05, 3.63) is 33.8 Å². The van der Waals surface area contributed by atoms with Crippen LogP contribution in [0.1, 0.15) is 15.4 Å². The second-order valence-corrected chi connectivity index (χ2v) is 6.48. The molecule has 0 spiro atoms. The second-order valence-electron chi connectivity index (χ2n) is 5.16. The van der Waals surface area contributed by atoms with Crippen molar-refractivity contribution >= 4 is 41.3 Å². The summed E-state index contributed by atoms with van der Waals surface area (Å²) in [5.41, 5.74) is 0.938. The molecule has 1 aromatic carbocycles. The highest BCUT2D eigenvalue weighted by molar-refractivity contribution is 14.0. The molecule has 7 nitrogen and oxygen atoms in total. The van der Waals surface area contributed by atoms with Gasteiger partial charge in [0, 0.05) is 36.3 Å². The molecule has 26 heavy (non-hydrogen) atoms. The number of aliphatic imine (C=N–C) groups is 1. The van der Waals surface area contributed by atoms with Gasteiger partial charge in [-0.2, -0.15) is 0 Å². The van der Waals surface area contributed by atoms with E-state index in [1.54, 1.807) is 39.7 Å². The number of halogens is 1. The van der Waals surface area contributed by atoms with Gasteiger partial charge in [-0.05, 0) is 13.0 Å². The van der Waals surface area contributed by atoms with Gasteiger partial charge in [0.05, 0.1) is 27.9 Å². The SMILES string of the molecule is CN=C(NCc1ncc(C)s1)NCc1cc(OC)c(OC)cc1OC.I. The zero-order valence-electron chi connectivity index (χ0n) is 15.6. The number of rotatable bonds is 7. The molecule has 0 bridgehead atoms. The summed E-state index contributed by atoms with van der Waals surface area (Å²) >= 11 is 1.66. The van der Waals surface area contributed by atoms with E-state index in [1.807, 2.05) is 25.3 Å². The Morgan fingerprint density at radius 1 is 1.04 bits per heavy atom. The van der Waals surface area contributed by atoms with Gasteiger partial charge in [0.1, 0.15) is 10.8 Å². The molecule has 0 atom stereocenters. The summed E-state index contributed by atoms with van der Waals surface area (Å²) in [6.07, 6.45) is 1.87. The normalized spacial score (nSPS) is 10.7. The fourth-order valence-electron chi connectivity index (χ4n) is 2.27. The number of nitrogens with zero attached hydrogens (tertiary/aromatic N) is 2. The fraction of sp³-hybridized carbons (Fsp3) is 0.412. The topological polar surface area (TPSA) is 77.0 Å². The first-order chi connectivity index (χ1) is 12.1. The second kappa shape index (κ2) is 11.1. The van der Waals surface area contributed by atoms with Gasteiger partial charge in [-0.1, -0.05) is 0 Å². The number of ether oxygens (including phenoxy) is 3. The lowest BCUT2D eigenvalue weighted by atomic mass is 10.1. The number of guanidine groups is 1. The van der Waals surface area contributed by atoms with Gasteiger partial charge in [-0.25, -0.2) is 4.98 Å². The summed E-state index contributed by atoms with van der Waals surface area (Å²) in [5, 5.41) is 7.53. The van der Waals surface area contributed by atoms with Crippen molar-refractivity contribution in [1.82, 2.24) is 15.6 Å². The first-order valence-electron chi connectivity index (χ1n) is 7.76. The Kier molecular flexibility index (Phi) is 9.49. The largest absolute Gasteiger partial charge is 0.496 e. The molecule has 0 amide bonds. The Morgan fingerprint density at radius 2 is 1.65 bits per heavy atom. The lowest BCUT2D eigenvalue weighted by Crippen LogP contribution is -2.36. The summed E-state index contributed by atoms with van der Waals surface area (Å²) in [6, 6.07) is 3.70. The van der Waals surface area contributed by atoms with Crippen LogP contribution in [-0.2, 0) is 13.1 Å². The van der Waals surface area contributed by atoms with Crippen molar-refractivity contribution < 1.29 is 14.2 Å². The zero-order valence-corrected chi connectivity index (χ0v) is 18.7. The average molecular weight is 492 g/mol. The lowest BCUT2D eigenvalue weighted by molar-refractivity contribution is 0.347. The standard InChI is InChI=1S/C17H24N4O3S.HI/c1-11-8-19-16(25-11)10-21-17(18-2)20-9-12-6-14(23-4)15(24-5)7-13(12)22-3;/h6-8H,9-10H2,1-5H3,(H2,18,20,21);1H. The Hall–Kier alpha value is -1.75. The van der Waals surface area contributed by atoms with Gasteiger partial charge in [0.25, 0.3) is 0 Å². The Balaban J connectivity index is 0.00000338. The molecule has 2 aromatic rings. The molecule has 0 aliphatic carbocycles. The zero-order chi connectivity index (χ0) is 18.2. The third-order valence-electron chi connectivity index (χ3n) is 3.53. The highest BCUT2D eigenvalue weighted by Crippen LogP contribution is 2.34. The molecule has 0 saturated carbocycles. The molecule has 0 saturated heterocycles. The molecule has 0 fully saturated rings. The summed E-state index contributed by atoms with van der Waals surface area (Å²) in [7, 11) is 6.57. The maximum atomic E-state index is 5.44. The average Bonchev–Trinajstić information content (AvgIpc) is 3.06. The number of nitrogens with one attached hydrogen (secondary N) is 2. The fourth-order valence-corrected chi connectivity index (χ4v) is 3.00. The monoisotopic (exact) mass is 492 g/mol. The van der Waals surface area contributed by atoms with E-state index in [0.29, 0.717) is 30.5 Å². The maximum Gasteiger partial charge on any atom is 0.191 e. The van der Waals surface area contributed by atoms with Crippen LogP contribution in [0.25, 0.3) is 0 Å². The summed E-state index contributed by atoms with van der Waals surface area (Å²) in [5.74, 6) is 2.69. The summed E-state index contributed by atoms with van der Waals surface area (Å²) in [6.45, 7) is 3.19. The van der Waals surface area contributed by atoms with E-state index in [9.17, 15) is 0 Å². The number of benzene rings is 1. The molecular formula is C17H25IN4O3S. The van der Waals surface area contributed by atoms with Gasteiger partial charge in [0.15, 0.2) is 17.5 Å². The van der Waals surface area contributed by atoms with E-state index in [0.717, 1.165) is 16.3 Å². The van der Waals surface area contributed by atoms with Crippen molar-refractivity contribution in [3.8, 4) is 17.2 Å². The van der Waals surface area contributed by atoms with E-state index in [4.69, 9.17) is 14.2 Å². The van der Waals surface area contributed by atoms with Crippen molar-refractivity contribution in [2.24, 2.45) is 4.99 Å². The highest BCUT2D eigenvalue weighted by Gasteiger charge is 2.12. The van der Waals surface area contributed by atoms with Crippen LogP contribution in [0.15, 0.2) is 23.3 Å². The summed E-state index contributed by atoms with van der Waals surface area (Å²) < 4.78 is 16.1. The first kappa shape index (κ1) is 22.3. The molecule has 2 N–H and O–H groups in total. The van der Waals surface area contributed by atoms with Crippen molar-refractivity contribution in [2.75, 3.05) is 28.4 Å². The number of aryl methyl sites for hydroxylation is 1. The van der Waals surface area contributed by atoms with Crippen molar-refractivity contribution in [2.45, 2.75) is 20.0 Å². The minimum absolute atomic E-state index is 0. The molecule has 1 heterocycles. The molecule has 9 heteroatoms. The maximum absolute atomic E-state index is 5.44. The highest BCUT2D eigenvalue weighted by atomic mass is 127. The summed E-state index contributed by atoms with van der Waals surface area (Å²) in [4.78, 5) is 9.75. The molecule has 144 valence electrons. The van der Waals surface area contributed by atoms with Crippen LogP contribution < -0.4 is 24.8 Å². The third-order valence-corrected chi connectivity index (χ3v) is 4.45. The Bertz CT molecular complexity index is 737. The number of hydrogen-bond acceptors (Lipinski definition) is 6. The smallest absolute Gasteiger partial charge is 0.191 e. The predicted molar refractivity (Wildman–Crippen MR) is 115 cm³/mol. The van der Waals surface area contributed by atoms with Crippen LogP contribution in [0.5, 0.6) is 17.2 Å². The van der Waals surface area contributed by atoms with Crippen LogP contribution in [-0.4, -0.2) is 39.3 Å². The van der Waals surface area contributed by atoms with E-state index >= 15 is 0 Å². The van der Waals surface area contributed by atoms with Gasteiger partial charge < -0.3 is 24.8 Å². The molecule has 2 rings (SSSR count). The van der Waals surface area contributed by atoms with E-state index < -0.39 is 0 Å². The van der Waals surface area contributed by atoms with Gasteiger partial charge in [0.2, 0.25) is 0 Å². The molecule has 1 aromatic heterocycles. The van der Waals surface area contributed by atoms with Crippen LogP contribution in [0.4, 0.5) is 0 Å². The van der Waals surface area contributed by atoms with E-state index in [2.05, 4.69) is 20.6 Å². The number of aromatic nitrogens is 1. The Labute approximate surface area is 175 Å². The van der Waals surface area contributed by atoms with Crippen LogP contribution in [0.3, 0.4) is 0 Å². The number of thiazole rings is 1. The first-order valence-corrected chi connectivity index (χ1v) is 8.57. The van der Waals surface area contributed by atoms with Gasteiger partial charge in [-0.15, -0.1) is 35.3 Å². The molecular weight excluding hydrogens is 467 g/mol. The lowest BCUT2D eigenvalue weighted by Gasteiger charge is -2.16. The molecule has 0 aliphatic heterocycles. The van der Waals surface area contributed by atoms with Crippen molar-refractivity contribution in [1.29, 1.82) is 0 Å². The third kappa shape index (κ3) is 5.90. The molecule has 0 unspecified atom stereocenters. The minimum atomic E-state index is 0. The van der Waals surface area contributed by atoms with Crippen LogP contribution in [0, 0.1) is 6.92 Å². The van der Waals surface area contributed by atoms with E-state index in [1.165, 1.54) is 4.88 Å². The van der Waals surface area contributed by atoms with Crippen molar-refractivity contribution in [3.63, 3.8) is 0 Å². The number of hydrogen-bond donors (Lipinski definition) is 2. The predicted octanol–water partition coefficient (Wildman–Crippen LogP) is 2.96. The van der Waals surface area contributed by atoms with Crippen LogP contribution in [0.2, 0.25) is 0 Å².